The Bertz CT molecular complexity index is 391. The number of rotatable bonds is 6. The van der Waals surface area contributed by atoms with E-state index in [4.69, 9.17) is 11.6 Å². The van der Waals surface area contributed by atoms with Crippen LogP contribution in [0.1, 0.15) is 32.4 Å². The van der Waals surface area contributed by atoms with E-state index < -0.39 is 0 Å². The average Bonchev–Trinajstić information content (AvgIpc) is 2.37. The molecule has 1 atom stereocenters. The maximum absolute atomic E-state index is 11.8. The van der Waals surface area contributed by atoms with Crippen LogP contribution in [-0.2, 0) is 4.79 Å². The highest BCUT2D eigenvalue weighted by atomic mass is 35.5. The Labute approximate surface area is 114 Å². The number of halogens is 1. The summed E-state index contributed by atoms with van der Waals surface area (Å²) in [7, 11) is 0. The van der Waals surface area contributed by atoms with Gasteiger partial charge < -0.3 is 10.2 Å². The van der Waals surface area contributed by atoms with Crippen LogP contribution in [0.25, 0.3) is 0 Å². The van der Waals surface area contributed by atoms with Crippen molar-refractivity contribution in [3.05, 3.63) is 34.9 Å². The SMILES string of the molecule is CCN(CC)C(=O)CN[C@H](C)c1cccc(Cl)c1. The van der Waals surface area contributed by atoms with Crippen molar-refractivity contribution < 1.29 is 4.79 Å². The van der Waals surface area contributed by atoms with Crippen molar-refractivity contribution in [2.75, 3.05) is 19.6 Å². The second kappa shape index (κ2) is 7.39. The molecule has 0 saturated carbocycles. The molecule has 0 heterocycles. The molecule has 1 aromatic carbocycles. The number of nitrogens with one attached hydrogen (secondary N) is 1. The van der Waals surface area contributed by atoms with Gasteiger partial charge in [-0.15, -0.1) is 0 Å². The number of hydrogen-bond donors (Lipinski definition) is 1. The lowest BCUT2D eigenvalue weighted by molar-refractivity contribution is -0.129. The van der Waals surface area contributed by atoms with E-state index in [1.54, 1.807) is 0 Å². The summed E-state index contributed by atoms with van der Waals surface area (Å²) in [6.45, 7) is 7.87. The van der Waals surface area contributed by atoms with Gasteiger partial charge in [-0.25, -0.2) is 0 Å². The predicted molar refractivity (Wildman–Crippen MR) is 75.8 cm³/mol. The Balaban J connectivity index is 2.51. The van der Waals surface area contributed by atoms with Gasteiger partial charge in [0.05, 0.1) is 6.54 Å². The number of hydrogen-bond acceptors (Lipinski definition) is 2. The fourth-order valence-electron chi connectivity index (χ4n) is 1.82. The summed E-state index contributed by atoms with van der Waals surface area (Å²) in [5.74, 6) is 0.133. The predicted octanol–water partition coefficient (Wildman–Crippen LogP) is 2.86. The van der Waals surface area contributed by atoms with E-state index in [1.807, 2.05) is 49.9 Å². The van der Waals surface area contributed by atoms with E-state index in [0.717, 1.165) is 23.7 Å². The van der Waals surface area contributed by atoms with Gasteiger partial charge in [-0.1, -0.05) is 23.7 Å². The Morgan fingerprint density at radius 1 is 1.39 bits per heavy atom. The topological polar surface area (TPSA) is 32.3 Å². The van der Waals surface area contributed by atoms with E-state index in [9.17, 15) is 4.79 Å². The number of amides is 1. The van der Waals surface area contributed by atoms with Crippen LogP contribution in [0.4, 0.5) is 0 Å². The first-order chi connectivity index (χ1) is 8.58. The molecule has 0 unspecified atom stereocenters. The molecule has 0 saturated heterocycles. The van der Waals surface area contributed by atoms with Gasteiger partial charge in [0, 0.05) is 24.2 Å². The first-order valence-corrected chi connectivity index (χ1v) is 6.72. The minimum absolute atomic E-state index is 0.114. The van der Waals surface area contributed by atoms with Gasteiger partial charge in [-0.05, 0) is 38.5 Å². The van der Waals surface area contributed by atoms with Gasteiger partial charge in [-0.2, -0.15) is 0 Å². The van der Waals surface area contributed by atoms with Crippen LogP contribution in [0.3, 0.4) is 0 Å². The zero-order valence-corrected chi connectivity index (χ0v) is 12.0. The normalized spacial score (nSPS) is 12.2. The molecule has 0 aromatic heterocycles. The number of carbonyl (C=O) groups is 1. The van der Waals surface area contributed by atoms with Crippen molar-refractivity contribution in [3.8, 4) is 0 Å². The molecule has 18 heavy (non-hydrogen) atoms. The monoisotopic (exact) mass is 268 g/mol. The lowest BCUT2D eigenvalue weighted by Gasteiger charge is -2.21. The maximum Gasteiger partial charge on any atom is 0.236 e. The minimum atomic E-state index is 0.114. The first-order valence-electron chi connectivity index (χ1n) is 6.35. The fraction of sp³-hybridized carbons (Fsp3) is 0.500. The van der Waals surface area contributed by atoms with E-state index in [-0.39, 0.29) is 11.9 Å². The van der Waals surface area contributed by atoms with Crippen molar-refractivity contribution >= 4 is 17.5 Å². The third-order valence-corrected chi connectivity index (χ3v) is 3.26. The largest absolute Gasteiger partial charge is 0.342 e. The Kier molecular flexibility index (Phi) is 6.16. The molecule has 1 amide bonds. The molecule has 3 nitrogen and oxygen atoms in total. The lowest BCUT2D eigenvalue weighted by Crippen LogP contribution is -2.38. The maximum atomic E-state index is 11.8. The van der Waals surface area contributed by atoms with Crippen LogP contribution in [-0.4, -0.2) is 30.4 Å². The molecule has 0 radical (unpaired) electrons. The van der Waals surface area contributed by atoms with Crippen LogP contribution < -0.4 is 5.32 Å². The second-order valence-corrected chi connectivity index (χ2v) is 4.66. The van der Waals surface area contributed by atoms with Crippen LogP contribution >= 0.6 is 11.6 Å². The number of carbonyl (C=O) groups excluding carboxylic acids is 1. The fourth-order valence-corrected chi connectivity index (χ4v) is 2.02. The smallest absolute Gasteiger partial charge is 0.236 e. The molecule has 0 fully saturated rings. The zero-order valence-electron chi connectivity index (χ0n) is 11.2. The van der Waals surface area contributed by atoms with Crippen LogP contribution in [0.15, 0.2) is 24.3 Å². The first kappa shape index (κ1) is 15.0. The van der Waals surface area contributed by atoms with E-state index >= 15 is 0 Å². The molecule has 0 aliphatic rings. The van der Waals surface area contributed by atoms with Crippen molar-refractivity contribution in [2.24, 2.45) is 0 Å². The highest BCUT2D eigenvalue weighted by Gasteiger charge is 2.11. The van der Waals surface area contributed by atoms with Gasteiger partial charge in [0.25, 0.3) is 0 Å². The van der Waals surface area contributed by atoms with Crippen LogP contribution in [0.2, 0.25) is 5.02 Å². The standard InChI is InChI=1S/C14H21ClN2O/c1-4-17(5-2)14(18)10-16-11(3)12-7-6-8-13(15)9-12/h6-9,11,16H,4-5,10H2,1-3H3/t11-/m1/s1. The van der Waals surface area contributed by atoms with Gasteiger partial charge in [0.1, 0.15) is 0 Å². The molecule has 1 N–H and O–H groups in total. The second-order valence-electron chi connectivity index (χ2n) is 4.22. The Morgan fingerprint density at radius 3 is 2.61 bits per heavy atom. The zero-order chi connectivity index (χ0) is 13.5. The highest BCUT2D eigenvalue weighted by molar-refractivity contribution is 6.30. The van der Waals surface area contributed by atoms with Crippen molar-refractivity contribution in [1.29, 1.82) is 0 Å². The van der Waals surface area contributed by atoms with Crippen molar-refractivity contribution in [2.45, 2.75) is 26.8 Å². The quantitative estimate of drug-likeness (QED) is 0.860. The molecule has 4 heteroatoms. The van der Waals surface area contributed by atoms with Gasteiger partial charge >= 0.3 is 0 Å². The molecule has 0 bridgehead atoms. The highest BCUT2D eigenvalue weighted by Crippen LogP contribution is 2.16. The summed E-state index contributed by atoms with van der Waals surface area (Å²) in [6.07, 6.45) is 0. The molecular weight excluding hydrogens is 248 g/mol. The average molecular weight is 269 g/mol. The summed E-state index contributed by atoms with van der Waals surface area (Å²) < 4.78 is 0. The van der Waals surface area contributed by atoms with Gasteiger partial charge in [0.2, 0.25) is 5.91 Å². The molecule has 0 aliphatic carbocycles. The van der Waals surface area contributed by atoms with Crippen molar-refractivity contribution in [3.63, 3.8) is 0 Å². The lowest BCUT2D eigenvalue weighted by atomic mass is 10.1. The van der Waals surface area contributed by atoms with Crippen LogP contribution in [0.5, 0.6) is 0 Å². The van der Waals surface area contributed by atoms with Gasteiger partial charge in [0.15, 0.2) is 0 Å². The third kappa shape index (κ3) is 4.31. The summed E-state index contributed by atoms with van der Waals surface area (Å²) >= 11 is 5.94. The van der Waals surface area contributed by atoms with E-state index in [0.29, 0.717) is 6.54 Å². The molecule has 0 spiro atoms. The number of nitrogens with zero attached hydrogens (tertiary/aromatic N) is 1. The summed E-state index contributed by atoms with van der Waals surface area (Å²) in [5.41, 5.74) is 1.09. The molecular formula is C14H21ClN2O. The Morgan fingerprint density at radius 2 is 2.06 bits per heavy atom. The van der Waals surface area contributed by atoms with E-state index in [1.165, 1.54) is 0 Å². The molecule has 100 valence electrons. The van der Waals surface area contributed by atoms with Crippen molar-refractivity contribution in [1.82, 2.24) is 10.2 Å². The molecule has 0 aliphatic heterocycles. The number of likely N-dealkylation sites (N-methyl/N-ethyl adjacent to an activating group) is 1. The van der Waals surface area contributed by atoms with Gasteiger partial charge in [-0.3, -0.25) is 4.79 Å². The van der Waals surface area contributed by atoms with E-state index in [2.05, 4.69) is 5.32 Å². The molecule has 1 rings (SSSR count). The third-order valence-electron chi connectivity index (χ3n) is 3.02. The molecule has 1 aromatic rings. The van der Waals surface area contributed by atoms with Crippen LogP contribution in [0, 0.1) is 0 Å². The summed E-state index contributed by atoms with van der Waals surface area (Å²) in [4.78, 5) is 13.7. The minimum Gasteiger partial charge on any atom is -0.342 e. The Hall–Kier alpha value is -1.06. The number of benzene rings is 1. The summed E-state index contributed by atoms with van der Waals surface area (Å²) in [6, 6.07) is 7.80. The summed E-state index contributed by atoms with van der Waals surface area (Å²) in [5, 5.41) is 3.94.